The molecule has 0 aliphatic carbocycles. The molecule has 2 aromatic carbocycles. The number of nitrogens with zero attached hydrogens (tertiary/aromatic N) is 1. The summed E-state index contributed by atoms with van der Waals surface area (Å²) >= 11 is 0. The first kappa shape index (κ1) is 19.6. The van der Waals surface area contributed by atoms with E-state index in [1.807, 2.05) is 0 Å². The lowest BCUT2D eigenvalue weighted by Crippen LogP contribution is -2.45. The van der Waals surface area contributed by atoms with Gasteiger partial charge < -0.3 is 10.1 Å². The van der Waals surface area contributed by atoms with Crippen LogP contribution in [-0.2, 0) is 14.8 Å². The molecule has 1 N–H and O–H groups in total. The first-order valence-electron chi connectivity index (χ1n) is 7.53. The van der Waals surface area contributed by atoms with E-state index in [1.54, 1.807) is 24.3 Å². The van der Waals surface area contributed by atoms with Crippen molar-refractivity contribution in [2.75, 3.05) is 23.0 Å². The predicted octanol–water partition coefficient (Wildman–Crippen LogP) is 2.77. The standard InChI is InChI=1S/C17H18F2N2O4S/c1-11(17(22)20-15-6-4-5-7-16(15)25-2)21(26(3,23)24)12-8-9-13(18)14(19)10-12/h4-11H,1-3H3,(H,20,22)/t11-/m0/s1. The number of anilines is 2. The van der Waals surface area contributed by atoms with Crippen LogP contribution >= 0.6 is 0 Å². The Morgan fingerprint density at radius 1 is 1.15 bits per heavy atom. The molecule has 0 aliphatic rings. The highest BCUT2D eigenvalue weighted by atomic mass is 32.2. The third kappa shape index (κ3) is 4.29. The zero-order chi connectivity index (χ0) is 19.5. The predicted molar refractivity (Wildman–Crippen MR) is 94.8 cm³/mol. The van der Waals surface area contributed by atoms with Gasteiger partial charge in [-0.05, 0) is 31.2 Å². The second-order valence-electron chi connectivity index (χ2n) is 5.52. The van der Waals surface area contributed by atoms with Gasteiger partial charge in [0.15, 0.2) is 11.6 Å². The summed E-state index contributed by atoms with van der Waals surface area (Å²) in [6.45, 7) is 1.34. The number of amides is 1. The summed E-state index contributed by atoms with van der Waals surface area (Å²) in [4.78, 5) is 12.6. The van der Waals surface area contributed by atoms with Gasteiger partial charge >= 0.3 is 0 Å². The lowest BCUT2D eigenvalue weighted by molar-refractivity contribution is -0.116. The molecule has 1 atom stereocenters. The van der Waals surface area contributed by atoms with Gasteiger partial charge in [-0.1, -0.05) is 12.1 Å². The molecule has 2 rings (SSSR count). The van der Waals surface area contributed by atoms with E-state index in [1.165, 1.54) is 14.0 Å². The molecule has 26 heavy (non-hydrogen) atoms. The van der Waals surface area contributed by atoms with Gasteiger partial charge in [0, 0.05) is 6.07 Å². The van der Waals surface area contributed by atoms with Crippen LogP contribution < -0.4 is 14.4 Å². The zero-order valence-electron chi connectivity index (χ0n) is 14.4. The number of nitrogens with one attached hydrogen (secondary N) is 1. The number of sulfonamides is 1. The smallest absolute Gasteiger partial charge is 0.248 e. The number of benzene rings is 2. The highest BCUT2D eigenvalue weighted by Gasteiger charge is 2.30. The zero-order valence-corrected chi connectivity index (χ0v) is 15.2. The number of hydrogen-bond donors (Lipinski definition) is 1. The molecule has 0 radical (unpaired) electrons. The number of para-hydroxylation sites is 2. The normalized spacial score (nSPS) is 12.3. The SMILES string of the molecule is COc1ccccc1NC(=O)[C@H](C)N(c1ccc(F)c(F)c1)S(C)(=O)=O. The highest BCUT2D eigenvalue weighted by molar-refractivity contribution is 7.92. The van der Waals surface area contributed by atoms with Crippen LogP contribution in [0.1, 0.15) is 6.92 Å². The molecule has 1 amide bonds. The Kier molecular flexibility index (Phi) is 5.81. The quantitative estimate of drug-likeness (QED) is 0.831. The third-order valence-electron chi connectivity index (χ3n) is 3.61. The summed E-state index contributed by atoms with van der Waals surface area (Å²) in [5.41, 5.74) is 0.194. The molecular formula is C17H18F2N2O4S. The molecular weight excluding hydrogens is 366 g/mol. The molecule has 0 unspecified atom stereocenters. The summed E-state index contributed by atoms with van der Waals surface area (Å²) in [5.74, 6) is -2.60. The second-order valence-corrected chi connectivity index (χ2v) is 7.38. The molecule has 0 spiro atoms. The first-order chi connectivity index (χ1) is 12.1. The number of carbonyl (C=O) groups is 1. The Morgan fingerprint density at radius 3 is 2.38 bits per heavy atom. The number of rotatable bonds is 6. The summed E-state index contributed by atoms with van der Waals surface area (Å²) in [7, 11) is -2.52. The molecule has 0 saturated carbocycles. The fraction of sp³-hybridized carbons (Fsp3) is 0.235. The Hall–Kier alpha value is -2.68. The minimum Gasteiger partial charge on any atom is -0.495 e. The van der Waals surface area contributed by atoms with Gasteiger partial charge in [-0.3, -0.25) is 9.10 Å². The van der Waals surface area contributed by atoms with Crippen LogP contribution in [0.4, 0.5) is 20.2 Å². The minimum atomic E-state index is -3.95. The Balaban J connectivity index is 2.36. The number of halogens is 2. The van der Waals surface area contributed by atoms with Gasteiger partial charge in [0.05, 0.1) is 24.7 Å². The maximum Gasteiger partial charge on any atom is 0.248 e. The Morgan fingerprint density at radius 2 is 1.81 bits per heavy atom. The van der Waals surface area contributed by atoms with E-state index in [0.717, 1.165) is 28.8 Å². The summed E-state index contributed by atoms with van der Waals surface area (Å²) in [6.07, 6.45) is 0.876. The molecule has 0 heterocycles. The van der Waals surface area contributed by atoms with Crippen molar-refractivity contribution in [1.29, 1.82) is 0 Å². The van der Waals surface area contributed by atoms with E-state index < -0.39 is 33.6 Å². The second kappa shape index (κ2) is 7.69. The number of hydrogen-bond acceptors (Lipinski definition) is 4. The maximum absolute atomic E-state index is 13.5. The van der Waals surface area contributed by atoms with E-state index in [4.69, 9.17) is 4.74 Å². The lowest BCUT2D eigenvalue weighted by atomic mass is 10.2. The molecule has 2 aromatic rings. The summed E-state index contributed by atoms with van der Waals surface area (Å²) < 4.78 is 56.8. The van der Waals surface area contributed by atoms with Crippen LogP contribution in [0.15, 0.2) is 42.5 Å². The van der Waals surface area contributed by atoms with Crippen molar-refractivity contribution in [1.82, 2.24) is 0 Å². The van der Waals surface area contributed by atoms with Crippen molar-refractivity contribution in [3.05, 3.63) is 54.1 Å². The number of carbonyl (C=O) groups excluding carboxylic acids is 1. The van der Waals surface area contributed by atoms with Gasteiger partial charge in [-0.2, -0.15) is 0 Å². The van der Waals surface area contributed by atoms with Crippen LogP contribution in [0.3, 0.4) is 0 Å². The van der Waals surface area contributed by atoms with Gasteiger partial charge in [0.2, 0.25) is 15.9 Å². The van der Waals surface area contributed by atoms with Crippen molar-refractivity contribution < 1.29 is 26.7 Å². The Bertz CT molecular complexity index is 919. The largest absolute Gasteiger partial charge is 0.495 e. The molecule has 0 bridgehead atoms. The average Bonchev–Trinajstić information content (AvgIpc) is 2.57. The summed E-state index contributed by atoms with van der Waals surface area (Å²) in [5, 5.41) is 2.57. The van der Waals surface area contributed by atoms with Gasteiger partial charge in [0.1, 0.15) is 11.8 Å². The van der Waals surface area contributed by atoms with Crippen molar-refractivity contribution in [2.24, 2.45) is 0 Å². The van der Waals surface area contributed by atoms with Crippen molar-refractivity contribution in [3.8, 4) is 5.75 Å². The van der Waals surface area contributed by atoms with E-state index in [9.17, 15) is 22.0 Å². The van der Waals surface area contributed by atoms with E-state index in [2.05, 4.69) is 5.32 Å². The highest BCUT2D eigenvalue weighted by Crippen LogP contribution is 2.26. The molecule has 9 heteroatoms. The van der Waals surface area contributed by atoms with Gasteiger partial charge in [-0.15, -0.1) is 0 Å². The monoisotopic (exact) mass is 384 g/mol. The fourth-order valence-electron chi connectivity index (χ4n) is 2.42. The molecule has 0 aromatic heterocycles. The van der Waals surface area contributed by atoms with Crippen LogP contribution in [0.2, 0.25) is 0 Å². The molecule has 0 aliphatic heterocycles. The van der Waals surface area contributed by atoms with Crippen LogP contribution in [0.5, 0.6) is 5.75 Å². The van der Waals surface area contributed by atoms with Crippen molar-refractivity contribution >= 4 is 27.3 Å². The third-order valence-corrected chi connectivity index (χ3v) is 4.85. The average molecular weight is 384 g/mol. The van der Waals surface area contributed by atoms with Crippen LogP contribution in [-0.4, -0.2) is 33.7 Å². The maximum atomic E-state index is 13.5. The summed E-state index contributed by atoms with van der Waals surface area (Å²) in [6, 6.07) is 7.99. The number of ether oxygens (including phenoxy) is 1. The molecule has 0 fully saturated rings. The minimum absolute atomic E-state index is 0.158. The van der Waals surface area contributed by atoms with Gasteiger partial charge in [0.25, 0.3) is 0 Å². The Labute approximate surface area is 150 Å². The first-order valence-corrected chi connectivity index (χ1v) is 9.38. The van der Waals surface area contributed by atoms with Gasteiger partial charge in [-0.25, -0.2) is 17.2 Å². The van der Waals surface area contributed by atoms with E-state index in [-0.39, 0.29) is 5.69 Å². The van der Waals surface area contributed by atoms with Crippen molar-refractivity contribution in [2.45, 2.75) is 13.0 Å². The van der Waals surface area contributed by atoms with Crippen LogP contribution in [0, 0.1) is 11.6 Å². The number of methoxy groups -OCH3 is 1. The topological polar surface area (TPSA) is 75.7 Å². The molecule has 140 valence electrons. The van der Waals surface area contributed by atoms with E-state index >= 15 is 0 Å². The van der Waals surface area contributed by atoms with Crippen molar-refractivity contribution in [3.63, 3.8) is 0 Å². The lowest BCUT2D eigenvalue weighted by Gasteiger charge is -2.28. The fourth-order valence-corrected chi connectivity index (χ4v) is 3.58. The van der Waals surface area contributed by atoms with E-state index in [0.29, 0.717) is 11.4 Å². The molecule has 0 saturated heterocycles. The molecule has 6 nitrogen and oxygen atoms in total. The van der Waals surface area contributed by atoms with Crippen LogP contribution in [0.25, 0.3) is 0 Å².